The molecule has 0 bridgehead atoms. The van der Waals surface area contributed by atoms with Gasteiger partial charge in [0.15, 0.2) is 0 Å². The van der Waals surface area contributed by atoms with E-state index in [2.05, 4.69) is 13.8 Å². The summed E-state index contributed by atoms with van der Waals surface area (Å²) in [5.41, 5.74) is 1.96. The van der Waals surface area contributed by atoms with E-state index in [4.69, 9.17) is 9.84 Å². The van der Waals surface area contributed by atoms with Crippen LogP contribution in [0.25, 0.3) is 6.08 Å². The smallest absolute Gasteiger partial charge is 0.328 e. The van der Waals surface area contributed by atoms with Gasteiger partial charge in [-0.15, -0.1) is 0 Å². The van der Waals surface area contributed by atoms with E-state index in [1.165, 1.54) is 0 Å². The summed E-state index contributed by atoms with van der Waals surface area (Å²) >= 11 is 1.83. The highest BCUT2D eigenvalue weighted by atomic mass is 32.2. The number of hydrogen-bond acceptors (Lipinski definition) is 3. The number of hydrogen-bond donors (Lipinski definition) is 1. The maximum absolute atomic E-state index is 10.5. The van der Waals surface area contributed by atoms with Crippen molar-refractivity contribution < 1.29 is 14.6 Å². The fourth-order valence-corrected chi connectivity index (χ4v) is 2.18. The van der Waals surface area contributed by atoms with Crippen LogP contribution in [0.3, 0.4) is 0 Å². The van der Waals surface area contributed by atoms with Crippen molar-refractivity contribution in [2.75, 3.05) is 7.11 Å². The molecule has 0 atom stereocenters. The van der Waals surface area contributed by atoms with Crippen molar-refractivity contribution >= 4 is 23.8 Å². The zero-order chi connectivity index (χ0) is 13.5. The molecule has 0 aromatic heterocycles. The van der Waals surface area contributed by atoms with Crippen LogP contribution < -0.4 is 4.74 Å². The topological polar surface area (TPSA) is 46.5 Å². The van der Waals surface area contributed by atoms with E-state index in [1.54, 1.807) is 13.2 Å². The van der Waals surface area contributed by atoms with Gasteiger partial charge >= 0.3 is 5.97 Å². The van der Waals surface area contributed by atoms with Gasteiger partial charge in [-0.25, -0.2) is 4.79 Å². The molecule has 3 nitrogen and oxygen atoms in total. The standard InChI is InChI=1S/C14H18O3S/c1-10(2)18-9-12-8-11(5-7-14(15)16)4-6-13(12)17-3/h4-8,10H,9H2,1-3H3,(H,15,16)/b7-5+. The predicted molar refractivity (Wildman–Crippen MR) is 76.1 cm³/mol. The Kier molecular flexibility index (Phi) is 5.78. The second-order valence-electron chi connectivity index (χ2n) is 4.10. The number of benzene rings is 1. The summed E-state index contributed by atoms with van der Waals surface area (Å²) in [5, 5.41) is 9.15. The monoisotopic (exact) mass is 266 g/mol. The third-order valence-corrected chi connectivity index (χ3v) is 3.44. The molecule has 0 fully saturated rings. The summed E-state index contributed by atoms with van der Waals surface area (Å²) in [5.74, 6) is 0.759. The molecule has 0 amide bonds. The highest BCUT2D eigenvalue weighted by Gasteiger charge is 2.05. The van der Waals surface area contributed by atoms with Crippen molar-refractivity contribution in [1.29, 1.82) is 0 Å². The molecule has 1 aromatic rings. The highest BCUT2D eigenvalue weighted by Crippen LogP contribution is 2.26. The molecule has 0 radical (unpaired) electrons. The van der Waals surface area contributed by atoms with Crippen LogP contribution in [0.15, 0.2) is 24.3 Å². The first-order valence-electron chi connectivity index (χ1n) is 5.72. The number of methoxy groups -OCH3 is 1. The van der Waals surface area contributed by atoms with E-state index in [9.17, 15) is 4.79 Å². The molecule has 0 unspecified atom stereocenters. The van der Waals surface area contributed by atoms with E-state index in [0.29, 0.717) is 5.25 Å². The number of carboxylic acid groups (broad SMARTS) is 1. The van der Waals surface area contributed by atoms with E-state index in [0.717, 1.165) is 28.7 Å². The number of aliphatic carboxylic acids is 1. The third kappa shape index (κ3) is 4.84. The molecule has 98 valence electrons. The molecular formula is C14H18O3S. The lowest BCUT2D eigenvalue weighted by Crippen LogP contribution is -1.94. The summed E-state index contributed by atoms with van der Waals surface area (Å²) in [6, 6.07) is 5.69. The van der Waals surface area contributed by atoms with Crippen LogP contribution in [0.2, 0.25) is 0 Å². The van der Waals surface area contributed by atoms with Gasteiger partial charge in [0.2, 0.25) is 0 Å². The van der Waals surface area contributed by atoms with Crippen LogP contribution in [0, 0.1) is 0 Å². The summed E-state index contributed by atoms with van der Waals surface area (Å²) in [4.78, 5) is 10.5. The third-order valence-electron chi connectivity index (χ3n) is 2.29. The predicted octanol–water partition coefficient (Wildman–Crippen LogP) is 3.43. The Labute approximate surface area is 112 Å². The van der Waals surface area contributed by atoms with Gasteiger partial charge in [0.1, 0.15) is 5.75 Å². The Morgan fingerprint density at radius 2 is 2.22 bits per heavy atom. The van der Waals surface area contributed by atoms with Gasteiger partial charge in [-0.3, -0.25) is 0 Å². The molecule has 1 rings (SSSR count). The molecule has 0 aliphatic carbocycles. The lowest BCUT2D eigenvalue weighted by Gasteiger charge is -2.10. The fraction of sp³-hybridized carbons (Fsp3) is 0.357. The van der Waals surface area contributed by atoms with Crippen LogP contribution in [-0.2, 0) is 10.5 Å². The molecule has 0 aliphatic rings. The van der Waals surface area contributed by atoms with E-state index in [1.807, 2.05) is 30.0 Å². The van der Waals surface area contributed by atoms with E-state index >= 15 is 0 Å². The maximum Gasteiger partial charge on any atom is 0.328 e. The minimum Gasteiger partial charge on any atom is -0.496 e. The molecular weight excluding hydrogens is 248 g/mol. The molecule has 4 heteroatoms. The van der Waals surface area contributed by atoms with Crippen LogP contribution in [0.4, 0.5) is 0 Å². The van der Waals surface area contributed by atoms with E-state index < -0.39 is 5.97 Å². The lowest BCUT2D eigenvalue weighted by atomic mass is 10.1. The molecule has 0 saturated heterocycles. The second-order valence-corrected chi connectivity index (χ2v) is 5.67. The molecule has 0 aliphatic heterocycles. The van der Waals surface area contributed by atoms with Gasteiger partial charge in [0.05, 0.1) is 7.11 Å². The Bertz CT molecular complexity index is 439. The van der Waals surface area contributed by atoms with Gasteiger partial charge in [-0.05, 0) is 29.0 Å². The van der Waals surface area contributed by atoms with Crippen molar-refractivity contribution in [1.82, 2.24) is 0 Å². The Morgan fingerprint density at radius 1 is 1.50 bits per heavy atom. The van der Waals surface area contributed by atoms with Crippen LogP contribution in [-0.4, -0.2) is 23.4 Å². The van der Waals surface area contributed by atoms with Crippen molar-refractivity contribution in [2.24, 2.45) is 0 Å². The quantitative estimate of drug-likeness (QED) is 0.801. The Hall–Kier alpha value is -1.42. The Morgan fingerprint density at radius 3 is 2.78 bits per heavy atom. The fourth-order valence-electron chi connectivity index (χ4n) is 1.44. The Balaban J connectivity index is 2.90. The molecule has 1 N–H and O–H groups in total. The number of ether oxygens (including phenoxy) is 1. The SMILES string of the molecule is COc1ccc(/C=C/C(=O)O)cc1CSC(C)C. The number of thioether (sulfide) groups is 1. The van der Waals surface area contributed by atoms with Crippen LogP contribution in [0.5, 0.6) is 5.75 Å². The largest absolute Gasteiger partial charge is 0.496 e. The summed E-state index contributed by atoms with van der Waals surface area (Å²) in [7, 11) is 1.64. The first-order valence-corrected chi connectivity index (χ1v) is 6.77. The first kappa shape index (κ1) is 14.6. The second kappa shape index (κ2) is 7.11. The maximum atomic E-state index is 10.5. The van der Waals surface area contributed by atoms with E-state index in [-0.39, 0.29) is 0 Å². The zero-order valence-electron chi connectivity index (χ0n) is 10.8. The number of carboxylic acids is 1. The average molecular weight is 266 g/mol. The number of carbonyl (C=O) groups is 1. The zero-order valence-corrected chi connectivity index (χ0v) is 11.7. The minimum absolute atomic E-state index is 0.549. The molecule has 0 spiro atoms. The van der Waals surface area contributed by atoms with Crippen molar-refractivity contribution in [3.63, 3.8) is 0 Å². The van der Waals surface area contributed by atoms with Crippen LogP contribution >= 0.6 is 11.8 Å². The summed E-state index contributed by atoms with van der Waals surface area (Å²) < 4.78 is 5.30. The molecule has 0 heterocycles. The minimum atomic E-state index is -0.941. The van der Waals surface area contributed by atoms with Gasteiger partial charge in [-0.1, -0.05) is 19.9 Å². The van der Waals surface area contributed by atoms with Crippen LogP contribution in [0.1, 0.15) is 25.0 Å². The van der Waals surface area contributed by atoms with Crippen molar-refractivity contribution in [3.8, 4) is 5.75 Å². The molecule has 18 heavy (non-hydrogen) atoms. The normalized spacial score (nSPS) is 11.1. The average Bonchev–Trinajstić information content (AvgIpc) is 2.33. The summed E-state index contributed by atoms with van der Waals surface area (Å²) in [6.07, 6.45) is 2.73. The number of rotatable bonds is 6. The molecule has 0 saturated carbocycles. The van der Waals surface area contributed by atoms with Gasteiger partial charge in [0.25, 0.3) is 0 Å². The highest BCUT2D eigenvalue weighted by molar-refractivity contribution is 7.99. The van der Waals surface area contributed by atoms with Crippen molar-refractivity contribution in [3.05, 3.63) is 35.4 Å². The molecule has 1 aromatic carbocycles. The van der Waals surface area contributed by atoms with Gasteiger partial charge in [-0.2, -0.15) is 11.8 Å². The first-order chi connectivity index (χ1) is 8.52. The van der Waals surface area contributed by atoms with Crippen molar-refractivity contribution in [2.45, 2.75) is 24.9 Å². The lowest BCUT2D eigenvalue weighted by molar-refractivity contribution is -0.131. The van der Waals surface area contributed by atoms with Gasteiger partial charge in [0, 0.05) is 17.4 Å². The summed E-state index contributed by atoms with van der Waals surface area (Å²) in [6.45, 7) is 4.29. The van der Waals surface area contributed by atoms with Gasteiger partial charge < -0.3 is 9.84 Å².